The van der Waals surface area contributed by atoms with E-state index < -0.39 is 44.5 Å². The van der Waals surface area contributed by atoms with Crippen molar-refractivity contribution in [3.8, 4) is 0 Å². The molecule has 0 atom stereocenters. The fourth-order valence-electron chi connectivity index (χ4n) is 0.814. The predicted octanol–water partition coefficient (Wildman–Crippen LogP) is -0.431. The molecule has 0 aliphatic carbocycles. The van der Waals surface area contributed by atoms with Crippen LogP contribution in [0.3, 0.4) is 0 Å². The van der Waals surface area contributed by atoms with Crippen molar-refractivity contribution in [1.82, 2.24) is 10.4 Å². The first-order valence-corrected chi connectivity index (χ1v) is 4.32. The topological polar surface area (TPSA) is 99.1 Å². The van der Waals surface area contributed by atoms with Gasteiger partial charge in [-0.15, -0.1) is 0 Å². The number of nitrogens with zero attached hydrogens (tertiary/aromatic N) is 1. The Balaban J connectivity index is 4.19. The summed E-state index contributed by atoms with van der Waals surface area (Å²) in [6.07, 6.45) is -4.63. The second-order valence-corrected chi connectivity index (χ2v) is 2.85. The fraction of sp³-hybridized carbons (Fsp3) is 0.714. The lowest BCUT2D eigenvalue weighted by atomic mass is 10.5. The molecule has 0 aliphatic rings. The van der Waals surface area contributed by atoms with Crippen LogP contribution in [-0.4, -0.2) is 59.6 Å². The van der Waals surface area contributed by atoms with Crippen molar-refractivity contribution in [2.24, 2.45) is 0 Å². The zero-order chi connectivity index (χ0) is 13.5. The number of aliphatic carboxylic acids is 1. The van der Waals surface area contributed by atoms with E-state index in [2.05, 4.69) is 4.84 Å². The molecule has 0 aromatic heterocycles. The molecule has 0 aliphatic heterocycles. The lowest BCUT2D eigenvalue weighted by molar-refractivity contribution is -0.147. The third-order valence-electron chi connectivity index (χ3n) is 1.38. The highest BCUT2D eigenvalue weighted by atomic mass is 19.4. The number of hydrogen-bond acceptors (Lipinski definition) is 4. The number of carbonyl (C=O) groups excluding carboxylic acids is 1. The van der Waals surface area contributed by atoms with Crippen molar-refractivity contribution in [3.63, 3.8) is 0 Å². The molecule has 0 radical (unpaired) electrons. The summed E-state index contributed by atoms with van der Waals surface area (Å²) >= 11 is 0. The van der Waals surface area contributed by atoms with Crippen LogP contribution in [0, 0.1) is 0 Å². The summed E-state index contributed by atoms with van der Waals surface area (Å²) < 4.78 is 36.0. The maximum atomic E-state index is 12.0. The molecule has 0 saturated carbocycles. The summed E-state index contributed by atoms with van der Waals surface area (Å²) in [6, 6.07) is -1.28. The molecule has 17 heavy (non-hydrogen) atoms. The van der Waals surface area contributed by atoms with Gasteiger partial charge in [-0.25, -0.2) is 15.1 Å². The number of rotatable bonds is 6. The molecule has 7 nitrogen and oxygen atoms in total. The molecule has 0 aromatic rings. The smallest absolute Gasteiger partial charge is 0.406 e. The highest BCUT2D eigenvalue weighted by Crippen LogP contribution is 2.16. The SMILES string of the molecule is O=C(O)CONC(=O)N(CCO)CC(F)(F)F. The van der Waals surface area contributed by atoms with E-state index in [1.807, 2.05) is 0 Å². The Morgan fingerprint density at radius 1 is 1.35 bits per heavy atom. The van der Waals surface area contributed by atoms with Gasteiger partial charge in [-0.3, -0.25) is 4.84 Å². The number of carboxylic acids is 1. The zero-order valence-electron chi connectivity index (χ0n) is 8.53. The van der Waals surface area contributed by atoms with E-state index >= 15 is 0 Å². The number of hydroxylamine groups is 1. The molecule has 0 bridgehead atoms. The van der Waals surface area contributed by atoms with Gasteiger partial charge in [0.15, 0.2) is 6.61 Å². The van der Waals surface area contributed by atoms with E-state index in [0.29, 0.717) is 0 Å². The Kier molecular flexibility index (Phi) is 6.28. The first kappa shape index (κ1) is 15.4. The number of hydrogen-bond donors (Lipinski definition) is 3. The van der Waals surface area contributed by atoms with Crippen LogP contribution in [0.4, 0.5) is 18.0 Å². The van der Waals surface area contributed by atoms with Gasteiger partial charge in [0, 0.05) is 6.54 Å². The molecule has 3 N–H and O–H groups in total. The van der Waals surface area contributed by atoms with Crippen LogP contribution in [-0.2, 0) is 9.63 Å². The highest BCUT2D eigenvalue weighted by Gasteiger charge is 2.32. The zero-order valence-corrected chi connectivity index (χ0v) is 8.53. The standard InChI is InChI=1S/C7H11F3N2O5/c8-7(9,10)4-12(1-2-13)6(16)11-17-3-5(14)15/h13H,1-4H2,(H,11,16)(H,14,15). The number of nitrogens with one attached hydrogen (secondary N) is 1. The van der Waals surface area contributed by atoms with Crippen LogP contribution in [0.25, 0.3) is 0 Å². The van der Waals surface area contributed by atoms with Gasteiger partial charge in [0.25, 0.3) is 0 Å². The summed E-state index contributed by atoms with van der Waals surface area (Å²) in [5.74, 6) is -1.39. The third kappa shape index (κ3) is 8.28. The molecule has 0 saturated heterocycles. The fourth-order valence-corrected chi connectivity index (χ4v) is 0.814. The van der Waals surface area contributed by atoms with Crippen molar-refractivity contribution in [2.75, 3.05) is 26.3 Å². The van der Waals surface area contributed by atoms with Gasteiger partial charge in [-0.2, -0.15) is 13.2 Å². The average molecular weight is 260 g/mol. The van der Waals surface area contributed by atoms with Crippen molar-refractivity contribution in [2.45, 2.75) is 6.18 Å². The maximum Gasteiger partial charge on any atom is 0.406 e. The minimum atomic E-state index is -4.63. The summed E-state index contributed by atoms with van der Waals surface area (Å²) in [4.78, 5) is 25.4. The lowest BCUT2D eigenvalue weighted by Crippen LogP contribution is -2.46. The highest BCUT2D eigenvalue weighted by molar-refractivity contribution is 5.73. The normalized spacial score (nSPS) is 11.1. The van der Waals surface area contributed by atoms with Crippen molar-refractivity contribution in [3.05, 3.63) is 0 Å². The molecule has 0 rings (SSSR count). The molecule has 0 spiro atoms. The molecule has 10 heteroatoms. The van der Waals surface area contributed by atoms with Crippen LogP contribution in [0.5, 0.6) is 0 Å². The first-order chi connectivity index (χ1) is 7.76. The Morgan fingerprint density at radius 3 is 2.35 bits per heavy atom. The van der Waals surface area contributed by atoms with Crippen molar-refractivity contribution in [1.29, 1.82) is 0 Å². The Morgan fingerprint density at radius 2 is 1.94 bits per heavy atom. The first-order valence-electron chi connectivity index (χ1n) is 4.32. The van der Waals surface area contributed by atoms with Crippen LogP contribution in [0.15, 0.2) is 0 Å². The number of carboxylic acid groups (broad SMARTS) is 1. The van der Waals surface area contributed by atoms with Gasteiger partial charge < -0.3 is 15.1 Å². The van der Waals surface area contributed by atoms with Crippen LogP contribution in [0.1, 0.15) is 0 Å². The van der Waals surface area contributed by atoms with E-state index in [1.54, 1.807) is 0 Å². The third-order valence-corrected chi connectivity index (χ3v) is 1.38. The molecule has 0 aromatic carbocycles. The van der Waals surface area contributed by atoms with E-state index in [0.717, 1.165) is 0 Å². The second-order valence-electron chi connectivity index (χ2n) is 2.85. The summed E-state index contributed by atoms with van der Waals surface area (Å²) in [5.41, 5.74) is 1.52. The summed E-state index contributed by atoms with van der Waals surface area (Å²) in [5, 5.41) is 16.6. The average Bonchev–Trinajstić information content (AvgIpc) is 2.14. The van der Waals surface area contributed by atoms with Crippen LogP contribution in [0.2, 0.25) is 0 Å². The number of aliphatic hydroxyl groups excluding tert-OH is 1. The summed E-state index contributed by atoms with van der Waals surface area (Å²) in [6.45, 7) is -3.68. The molecule has 0 unspecified atom stereocenters. The Bertz CT molecular complexity index is 271. The lowest BCUT2D eigenvalue weighted by Gasteiger charge is -2.22. The summed E-state index contributed by atoms with van der Waals surface area (Å²) in [7, 11) is 0. The van der Waals surface area contributed by atoms with Gasteiger partial charge in [-0.1, -0.05) is 0 Å². The van der Waals surface area contributed by atoms with E-state index in [1.165, 1.54) is 5.48 Å². The largest absolute Gasteiger partial charge is 0.479 e. The van der Waals surface area contributed by atoms with E-state index in [-0.39, 0.29) is 4.90 Å². The minimum absolute atomic E-state index is 0.238. The number of amides is 2. The van der Waals surface area contributed by atoms with Gasteiger partial charge in [0.05, 0.1) is 6.61 Å². The minimum Gasteiger partial charge on any atom is -0.479 e. The van der Waals surface area contributed by atoms with E-state index in [4.69, 9.17) is 10.2 Å². The number of urea groups is 1. The quantitative estimate of drug-likeness (QED) is 0.563. The molecule has 0 heterocycles. The monoisotopic (exact) mass is 260 g/mol. The van der Waals surface area contributed by atoms with Gasteiger partial charge >= 0.3 is 18.2 Å². The predicted molar refractivity (Wildman–Crippen MR) is 46.8 cm³/mol. The molecule has 100 valence electrons. The molecular weight excluding hydrogens is 249 g/mol. The van der Waals surface area contributed by atoms with Gasteiger partial charge in [0.2, 0.25) is 0 Å². The second kappa shape index (κ2) is 6.91. The van der Waals surface area contributed by atoms with Crippen LogP contribution < -0.4 is 5.48 Å². The number of alkyl halides is 3. The van der Waals surface area contributed by atoms with Crippen LogP contribution >= 0.6 is 0 Å². The Hall–Kier alpha value is -1.55. The maximum absolute atomic E-state index is 12.0. The van der Waals surface area contributed by atoms with Gasteiger partial charge in [0.1, 0.15) is 6.54 Å². The van der Waals surface area contributed by atoms with Crippen molar-refractivity contribution >= 4 is 12.0 Å². The molecule has 2 amide bonds. The number of carbonyl (C=O) groups is 2. The number of aliphatic hydroxyl groups is 1. The van der Waals surface area contributed by atoms with E-state index in [9.17, 15) is 22.8 Å². The number of halogens is 3. The molecular formula is C7H11F3N2O5. The Labute approximate surface area is 93.7 Å². The van der Waals surface area contributed by atoms with Crippen molar-refractivity contribution < 1.29 is 37.8 Å². The van der Waals surface area contributed by atoms with Gasteiger partial charge in [-0.05, 0) is 0 Å². The molecule has 0 fully saturated rings.